The van der Waals surface area contributed by atoms with E-state index in [-0.39, 0.29) is 0 Å². The fraction of sp³-hybridized carbons (Fsp3) is 0.500. The van der Waals surface area contributed by atoms with Gasteiger partial charge in [0.25, 0.3) is 0 Å². The summed E-state index contributed by atoms with van der Waals surface area (Å²) in [6.45, 7) is 4.95. The summed E-state index contributed by atoms with van der Waals surface area (Å²) in [5, 5.41) is 20.1. The summed E-state index contributed by atoms with van der Waals surface area (Å²) >= 11 is 0. The second-order valence-corrected chi connectivity index (χ2v) is 6.61. The van der Waals surface area contributed by atoms with Gasteiger partial charge in [0.2, 0.25) is 0 Å². The molecule has 1 aromatic carbocycles. The SMILES string of the molecule is C[C@@]1(O)CCN(Cc2ccccc2OCCn2ccnc2)C[C@H]1O. The molecule has 0 unspecified atom stereocenters. The van der Waals surface area contributed by atoms with E-state index in [4.69, 9.17) is 4.74 Å². The van der Waals surface area contributed by atoms with Crippen molar-refractivity contribution in [2.45, 2.75) is 38.1 Å². The first-order valence-electron chi connectivity index (χ1n) is 8.34. The summed E-state index contributed by atoms with van der Waals surface area (Å²) in [5.41, 5.74) is 0.106. The first-order chi connectivity index (χ1) is 11.5. The molecule has 1 aliphatic rings. The smallest absolute Gasteiger partial charge is 0.123 e. The highest BCUT2D eigenvalue weighted by Gasteiger charge is 2.36. The first kappa shape index (κ1) is 17.0. The largest absolute Gasteiger partial charge is 0.491 e. The maximum Gasteiger partial charge on any atom is 0.123 e. The van der Waals surface area contributed by atoms with Crippen molar-refractivity contribution in [2.24, 2.45) is 0 Å². The van der Waals surface area contributed by atoms with Crippen LogP contribution in [0.2, 0.25) is 0 Å². The van der Waals surface area contributed by atoms with Crippen molar-refractivity contribution >= 4 is 0 Å². The molecular formula is C18H25N3O3. The van der Waals surface area contributed by atoms with Crippen molar-refractivity contribution in [1.82, 2.24) is 14.5 Å². The number of piperidine rings is 1. The minimum atomic E-state index is -0.989. The van der Waals surface area contributed by atoms with Crippen molar-refractivity contribution in [3.05, 3.63) is 48.5 Å². The van der Waals surface area contributed by atoms with Crippen molar-refractivity contribution in [3.8, 4) is 5.75 Å². The molecule has 1 fully saturated rings. The molecule has 0 bridgehead atoms. The Balaban J connectivity index is 1.58. The van der Waals surface area contributed by atoms with Crippen LogP contribution in [-0.4, -0.2) is 56.1 Å². The molecule has 0 saturated carbocycles. The van der Waals surface area contributed by atoms with Gasteiger partial charge in [-0.25, -0.2) is 4.98 Å². The monoisotopic (exact) mass is 331 g/mol. The molecule has 0 spiro atoms. The summed E-state index contributed by atoms with van der Waals surface area (Å²) in [6, 6.07) is 7.98. The van der Waals surface area contributed by atoms with E-state index in [0.717, 1.165) is 24.4 Å². The normalized spacial score (nSPS) is 24.9. The third-order valence-electron chi connectivity index (χ3n) is 4.62. The second kappa shape index (κ2) is 7.34. The van der Waals surface area contributed by atoms with Crippen LogP contribution < -0.4 is 4.74 Å². The van der Waals surface area contributed by atoms with Crippen LogP contribution >= 0.6 is 0 Å². The third-order valence-corrected chi connectivity index (χ3v) is 4.62. The van der Waals surface area contributed by atoms with E-state index in [2.05, 4.69) is 9.88 Å². The van der Waals surface area contributed by atoms with Gasteiger partial charge in [0.1, 0.15) is 12.4 Å². The van der Waals surface area contributed by atoms with E-state index in [9.17, 15) is 10.2 Å². The fourth-order valence-electron chi connectivity index (χ4n) is 2.92. The van der Waals surface area contributed by atoms with Gasteiger partial charge in [-0.2, -0.15) is 0 Å². The number of aliphatic hydroxyl groups excluding tert-OH is 1. The van der Waals surface area contributed by atoms with E-state index in [1.807, 2.05) is 35.0 Å². The van der Waals surface area contributed by atoms with Crippen molar-refractivity contribution in [2.75, 3.05) is 19.7 Å². The van der Waals surface area contributed by atoms with Gasteiger partial charge in [-0.15, -0.1) is 0 Å². The molecule has 3 rings (SSSR count). The summed E-state index contributed by atoms with van der Waals surface area (Å²) in [6.07, 6.45) is 5.29. The zero-order chi connectivity index (χ0) is 17.0. The molecule has 1 aliphatic heterocycles. The standard InChI is InChI=1S/C18H25N3O3/c1-18(23)6-8-21(13-17(18)22)12-15-4-2-3-5-16(15)24-11-10-20-9-7-19-14-20/h2-5,7,9,14,17,22-23H,6,8,10-13H2,1H3/t17-,18-/m1/s1. The van der Waals surface area contributed by atoms with Gasteiger partial charge in [0.05, 0.1) is 24.6 Å². The molecule has 24 heavy (non-hydrogen) atoms. The number of imidazole rings is 1. The molecule has 2 N–H and O–H groups in total. The van der Waals surface area contributed by atoms with Crippen LogP contribution in [0.1, 0.15) is 18.9 Å². The van der Waals surface area contributed by atoms with E-state index >= 15 is 0 Å². The van der Waals surface area contributed by atoms with Crippen LogP contribution in [0.5, 0.6) is 5.75 Å². The second-order valence-electron chi connectivity index (χ2n) is 6.61. The number of para-hydroxylation sites is 1. The van der Waals surface area contributed by atoms with Gasteiger partial charge in [0.15, 0.2) is 0 Å². The van der Waals surface area contributed by atoms with Crippen molar-refractivity contribution < 1.29 is 14.9 Å². The van der Waals surface area contributed by atoms with Crippen LogP contribution in [0.25, 0.3) is 0 Å². The fourth-order valence-corrected chi connectivity index (χ4v) is 2.92. The Hall–Kier alpha value is -1.89. The molecule has 1 aromatic heterocycles. The Bertz CT molecular complexity index is 643. The molecule has 130 valence electrons. The Kier molecular flexibility index (Phi) is 5.18. The average molecular weight is 331 g/mol. The van der Waals surface area contributed by atoms with E-state index in [0.29, 0.717) is 26.1 Å². The number of β-amino-alcohol motifs (C(OH)–C–C–N with tert-alkyl or cyclic N) is 1. The third kappa shape index (κ3) is 4.14. The highest BCUT2D eigenvalue weighted by molar-refractivity contribution is 5.33. The van der Waals surface area contributed by atoms with Gasteiger partial charge in [-0.1, -0.05) is 18.2 Å². The van der Waals surface area contributed by atoms with Crippen LogP contribution in [0.15, 0.2) is 43.0 Å². The zero-order valence-electron chi connectivity index (χ0n) is 14.0. The number of nitrogens with zero attached hydrogens (tertiary/aromatic N) is 3. The molecule has 2 aromatic rings. The molecule has 1 saturated heterocycles. The Labute approximate surface area is 142 Å². The van der Waals surface area contributed by atoms with Gasteiger partial charge >= 0.3 is 0 Å². The van der Waals surface area contributed by atoms with Gasteiger partial charge in [0, 0.05) is 37.6 Å². The minimum absolute atomic E-state index is 0.469. The van der Waals surface area contributed by atoms with Crippen LogP contribution in [0, 0.1) is 0 Å². The van der Waals surface area contributed by atoms with Crippen molar-refractivity contribution in [1.29, 1.82) is 0 Å². The lowest BCUT2D eigenvalue weighted by Crippen LogP contribution is -2.53. The molecule has 2 atom stereocenters. The van der Waals surface area contributed by atoms with E-state index in [1.54, 1.807) is 19.4 Å². The molecule has 0 aliphatic carbocycles. The van der Waals surface area contributed by atoms with E-state index in [1.165, 1.54) is 0 Å². The lowest BCUT2D eigenvalue weighted by Gasteiger charge is -2.40. The predicted octanol–water partition coefficient (Wildman–Crippen LogP) is 1.28. The summed E-state index contributed by atoms with van der Waals surface area (Å²) in [5.74, 6) is 0.865. The highest BCUT2D eigenvalue weighted by atomic mass is 16.5. The predicted molar refractivity (Wildman–Crippen MR) is 90.7 cm³/mol. The Morgan fingerprint density at radius 1 is 1.38 bits per heavy atom. The van der Waals surface area contributed by atoms with Crippen LogP contribution in [0.3, 0.4) is 0 Å². The molecule has 0 amide bonds. The van der Waals surface area contributed by atoms with Crippen LogP contribution in [-0.2, 0) is 13.1 Å². The Morgan fingerprint density at radius 2 is 2.21 bits per heavy atom. The number of benzene rings is 1. The van der Waals surface area contributed by atoms with Crippen LogP contribution in [0.4, 0.5) is 0 Å². The topological polar surface area (TPSA) is 70.8 Å². The number of hydrogen-bond donors (Lipinski definition) is 2. The van der Waals surface area contributed by atoms with E-state index < -0.39 is 11.7 Å². The average Bonchev–Trinajstić information content (AvgIpc) is 3.06. The minimum Gasteiger partial charge on any atom is -0.491 e. The maximum atomic E-state index is 10.1. The summed E-state index contributed by atoms with van der Waals surface area (Å²) in [7, 11) is 0. The Morgan fingerprint density at radius 3 is 2.96 bits per heavy atom. The van der Waals surface area contributed by atoms with Gasteiger partial charge < -0.3 is 19.5 Å². The number of likely N-dealkylation sites (tertiary alicyclic amines) is 1. The maximum absolute atomic E-state index is 10.1. The first-order valence-corrected chi connectivity index (χ1v) is 8.34. The zero-order valence-corrected chi connectivity index (χ0v) is 14.0. The number of aliphatic hydroxyl groups is 2. The molecular weight excluding hydrogens is 306 g/mol. The van der Waals surface area contributed by atoms with Crippen molar-refractivity contribution in [3.63, 3.8) is 0 Å². The summed E-state index contributed by atoms with van der Waals surface area (Å²) in [4.78, 5) is 6.17. The number of rotatable bonds is 6. The number of hydrogen-bond acceptors (Lipinski definition) is 5. The molecule has 2 heterocycles. The number of ether oxygens (including phenoxy) is 1. The molecule has 0 radical (unpaired) electrons. The number of aromatic nitrogens is 2. The summed E-state index contributed by atoms with van der Waals surface area (Å²) < 4.78 is 7.91. The lowest BCUT2D eigenvalue weighted by molar-refractivity contribution is -0.108. The van der Waals surface area contributed by atoms with Gasteiger partial charge in [-0.3, -0.25) is 4.90 Å². The highest BCUT2D eigenvalue weighted by Crippen LogP contribution is 2.26. The lowest BCUT2D eigenvalue weighted by atomic mass is 9.90. The molecule has 6 heteroatoms. The van der Waals surface area contributed by atoms with Gasteiger partial charge in [-0.05, 0) is 19.4 Å². The quantitative estimate of drug-likeness (QED) is 0.834. The molecule has 6 nitrogen and oxygen atoms in total.